The van der Waals surface area contributed by atoms with Crippen LogP contribution in [0, 0.1) is 5.92 Å². The number of urea groups is 1. The van der Waals surface area contributed by atoms with E-state index in [1.54, 1.807) is 0 Å². The molecule has 2 aliphatic heterocycles. The number of nitrogens with two attached hydrogens (primary N) is 1. The highest BCUT2D eigenvalue weighted by molar-refractivity contribution is 5.74. The Morgan fingerprint density at radius 2 is 2.11 bits per heavy atom. The number of nitrogens with zero attached hydrogens (tertiary/aromatic N) is 2. The maximum absolute atomic E-state index is 12.6. The first kappa shape index (κ1) is 14.6. The van der Waals surface area contributed by atoms with Gasteiger partial charge in [0.1, 0.15) is 0 Å². The van der Waals surface area contributed by atoms with Crippen molar-refractivity contribution in [3.8, 4) is 0 Å². The fourth-order valence-electron chi connectivity index (χ4n) is 3.13. The third-order valence-corrected chi connectivity index (χ3v) is 3.94. The van der Waals surface area contributed by atoms with Gasteiger partial charge in [-0.1, -0.05) is 6.92 Å². The van der Waals surface area contributed by atoms with Crippen molar-refractivity contribution in [1.29, 1.82) is 0 Å². The smallest absolute Gasteiger partial charge is 0.320 e. The summed E-state index contributed by atoms with van der Waals surface area (Å²) in [5.74, 6) is 0.608. The maximum atomic E-state index is 12.6. The average molecular weight is 269 g/mol. The number of carbonyl (C=O) groups is 1. The van der Waals surface area contributed by atoms with E-state index < -0.39 is 0 Å². The number of morpholine rings is 1. The molecule has 2 atom stereocenters. The Morgan fingerprint density at radius 3 is 2.74 bits per heavy atom. The number of piperidine rings is 1. The fraction of sp³-hybridized carbons (Fsp3) is 0.929. The fourth-order valence-corrected chi connectivity index (χ4v) is 3.13. The Morgan fingerprint density at radius 1 is 1.37 bits per heavy atom. The third kappa shape index (κ3) is 3.60. The molecule has 2 rings (SSSR count). The summed E-state index contributed by atoms with van der Waals surface area (Å²) in [5.41, 5.74) is 5.40. The molecule has 0 aromatic heterocycles. The van der Waals surface area contributed by atoms with E-state index in [4.69, 9.17) is 10.5 Å². The zero-order valence-corrected chi connectivity index (χ0v) is 12.4. The summed E-state index contributed by atoms with van der Waals surface area (Å²) >= 11 is 0. The van der Waals surface area contributed by atoms with Gasteiger partial charge in [-0.3, -0.25) is 0 Å². The van der Waals surface area contributed by atoms with E-state index in [1.807, 2.05) is 23.6 Å². The molecule has 2 fully saturated rings. The van der Waals surface area contributed by atoms with E-state index in [0.29, 0.717) is 25.6 Å². The summed E-state index contributed by atoms with van der Waals surface area (Å²) < 4.78 is 5.87. The van der Waals surface area contributed by atoms with Crippen molar-refractivity contribution in [3.05, 3.63) is 0 Å². The van der Waals surface area contributed by atoms with E-state index in [9.17, 15) is 4.79 Å². The highest BCUT2D eigenvalue weighted by Crippen LogP contribution is 2.23. The van der Waals surface area contributed by atoms with Gasteiger partial charge in [-0.2, -0.15) is 0 Å². The second kappa shape index (κ2) is 5.67. The molecule has 2 saturated heterocycles. The summed E-state index contributed by atoms with van der Waals surface area (Å²) in [7, 11) is 0. The van der Waals surface area contributed by atoms with Crippen LogP contribution in [0.15, 0.2) is 0 Å². The second-order valence-electron chi connectivity index (χ2n) is 6.59. The summed E-state index contributed by atoms with van der Waals surface area (Å²) in [6.45, 7) is 9.74. The van der Waals surface area contributed by atoms with Crippen LogP contribution in [0.25, 0.3) is 0 Å². The number of hydrogen-bond acceptors (Lipinski definition) is 3. The van der Waals surface area contributed by atoms with Crippen molar-refractivity contribution in [2.45, 2.75) is 45.3 Å². The number of amides is 2. The van der Waals surface area contributed by atoms with Crippen LogP contribution in [0.5, 0.6) is 0 Å². The molecule has 0 aromatic rings. The molecular weight excluding hydrogens is 242 g/mol. The van der Waals surface area contributed by atoms with E-state index in [-0.39, 0.29) is 17.7 Å². The lowest BCUT2D eigenvalue weighted by Gasteiger charge is -2.45. The second-order valence-corrected chi connectivity index (χ2v) is 6.59. The number of ether oxygens (including phenoxy) is 1. The molecule has 0 radical (unpaired) electrons. The van der Waals surface area contributed by atoms with Gasteiger partial charge in [-0.05, 0) is 32.6 Å². The van der Waals surface area contributed by atoms with Crippen molar-refractivity contribution in [2.75, 3.05) is 32.7 Å². The molecule has 2 N–H and O–H groups in total. The molecule has 5 heteroatoms. The minimum absolute atomic E-state index is 0.0464. The molecule has 0 bridgehead atoms. The molecule has 2 aliphatic rings. The van der Waals surface area contributed by atoms with Crippen LogP contribution in [0.1, 0.15) is 33.6 Å². The van der Waals surface area contributed by atoms with Crippen LogP contribution in [0.3, 0.4) is 0 Å². The Hall–Kier alpha value is -0.810. The molecule has 0 aliphatic carbocycles. The SMILES string of the molecule is CC1CCCN(C(=O)N2CC(CN)OC(C)(C)C2)C1. The number of rotatable bonds is 1. The largest absolute Gasteiger partial charge is 0.367 e. The van der Waals surface area contributed by atoms with Crippen molar-refractivity contribution >= 4 is 6.03 Å². The molecule has 2 unspecified atom stereocenters. The standard InChI is InChI=1S/C14H27N3O2/c1-11-5-4-6-16(8-11)13(18)17-9-12(7-15)19-14(2,3)10-17/h11-12H,4-10,15H2,1-3H3. The number of hydrogen-bond donors (Lipinski definition) is 1. The summed E-state index contributed by atoms with van der Waals surface area (Å²) in [6, 6.07) is 0.154. The monoisotopic (exact) mass is 269 g/mol. The van der Waals surface area contributed by atoms with E-state index in [2.05, 4.69) is 6.92 Å². The predicted molar refractivity (Wildman–Crippen MR) is 74.9 cm³/mol. The van der Waals surface area contributed by atoms with Gasteiger partial charge in [0.15, 0.2) is 0 Å². The molecule has 0 aromatic carbocycles. The molecule has 5 nitrogen and oxygen atoms in total. The quantitative estimate of drug-likeness (QED) is 0.780. The molecule has 110 valence electrons. The minimum atomic E-state index is -0.306. The highest BCUT2D eigenvalue weighted by atomic mass is 16.5. The highest BCUT2D eigenvalue weighted by Gasteiger charge is 2.37. The van der Waals surface area contributed by atoms with Crippen molar-refractivity contribution < 1.29 is 9.53 Å². The van der Waals surface area contributed by atoms with Gasteiger partial charge < -0.3 is 20.3 Å². The van der Waals surface area contributed by atoms with Crippen LogP contribution in [0.4, 0.5) is 4.79 Å². The van der Waals surface area contributed by atoms with Gasteiger partial charge in [0.2, 0.25) is 0 Å². The van der Waals surface area contributed by atoms with Gasteiger partial charge in [0.25, 0.3) is 0 Å². The van der Waals surface area contributed by atoms with Crippen LogP contribution in [-0.2, 0) is 4.74 Å². The number of likely N-dealkylation sites (tertiary alicyclic amines) is 1. The first-order chi connectivity index (χ1) is 8.91. The average Bonchev–Trinajstić information content (AvgIpc) is 2.36. The van der Waals surface area contributed by atoms with Crippen molar-refractivity contribution in [1.82, 2.24) is 9.80 Å². The summed E-state index contributed by atoms with van der Waals surface area (Å²) in [6.07, 6.45) is 2.29. The van der Waals surface area contributed by atoms with Crippen LogP contribution < -0.4 is 5.73 Å². The minimum Gasteiger partial charge on any atom is -0.367 e. The van der Waals surface area contributed by atoms with Crippen molar-refractivity contribution in [2.24, 2.45) is 11.7 Å². The van der Waals surface area contributed by atoms with Crippen LogP contribution >= 0.6 is 0 Å². The Balaban J connectivity index is 2.01. The van der Waals surface area contributed by atoms with E-state index in [1.165, 1.54) is 6.42 Å². The molecular formula is C14H27N3O2. The summed E-state index contributed by atoms with van der Waals surface area (Å²) in [4.78, 5) is 16.5. The van der Waals surface area contributed by atoms with Gasteiger partial charge in [-0.25, -0.2) is 4.79 Å². The topological polar surface area (TPSA) is 58.8 Å². The van der Waals surface area contributed by atoms with Crippen LogP contribution in [-0.4, -0.2) is 60.3 Å². The molecule has 19 heavy (non-hydrogen) atoms. The van der Waals surface area contributed by atoms with Crippen molar-refractivity contribution in [3.63, 3.8) is 0 Å². The zero-order chi connectivity index (χ0) is 14.0. The third-order valence-electron chi connectivity index (χ3n) is 3.94. The Labute approximate surface area is 116 Å². The molecule has 2 heterocycles. The molecule has 0 saturated carbocycles. The lowest BCUT2D eigenvalue weighted by molar-refractivity contribution is -0.123. The number of carbonyl (C=O) groups excluding carboxylic acids is 1. The Bertz CT molecular complexity index is 333. The summed E-state index contributed by atoms with van der Waals surface area (Å²) in [5, 5.41) is 0. The lowest BCUT2D eigenvalue weighted by Crippen LogP contribution is -2.59. The van der Waals surface area contributed by atoms with Crippen LogP contribution in [0.2, 0.25) is 0 Å². The van der Waals surface area contributed by atoms with Gasteiger partial charge in [0, 0.05) is 26.2 Å². The zero-order valence-electron chi connectivity index (χ0n) is 12.4. The van der Waals surface area contributed by atoms with Gasteiger partial charge in [-0.15, -0.1) is 0 Å². The van der Waals surface area contributed by atoms with E-state index >= 15 is 0 Å². The van der Waals surface area contributed by atoms with Gasteiger partial charge in [0.05, 0.1) is 18.2 Å². The Kier molecular flexibility index (Phi) is 4.36. The predicted octanol–water partition coefficient (Wildman–Crippen LogP) is 1.28. The first-order valence-corrected chi connectivity index (χ1v) is 7.33. The lowest BCUT2D eigenvalue weighted by atomic mass is 10.0. The van der Waals surface area contributed by atoms with E-state index in [0.717, 1.165) is 19.5 Å². The maximum Gasteiger partial charge on any atom is 0.320 e. The van der Waals surface area contributed by atoms with Gasteiger partial charge >= 0.3 is 6.03 Å². The molecule has 0 spiro atoms. The first-order valence-electron chi connectivity index (χ1n) is 7.33. The normalized spacial score (nSPS) is 31.4. The molecule has 2 amide bonds.